The first-order valence-corrected chi connectivity index (χ1v) is 8.55. The minimum Gasteiger partial charge on any atom is -0.478 e. The molecule has 1 aromatic carbocycles. The summed E-state index contributed by atoms with van der Waals surface area (Å²) >= 11 is 0. The Morgan fingerprint density at radius 3 is 2.96 bits per heavy atom. The lowest BCUT2D eigenvalue weighted by molar-refractivity contribution is -0.129. The van der Waals surface area contributed by atoms with Crippen molar-refractivity contribution in [3.8, 4) is 5.75 Å². The first-order valence-electron chi connectivity index (χ1n) is 8.55. The molecule has 1 N–H and O–H groups in total. The Bertz CT molecular complexity index is 625. The highest BCUT2D eigenvalue weighted by molar-refractivity contribution is 6.03. The summed E-state index contributed by atoms with van der Waals surface area (Å²) in [4.78, 5) is 26.5. The molecule has 2 aliphatic heterocycles. The lowest BCUT2D eigenvalue weighted by Gasteiger charge is -2.34. The highest BCUT2D eigenvalue weighted by Crippen LogP contribution is 2.35. The van der Waals surface area contributed by atoms with Crippen LogP contribution in [0.2, 0.25) is 0 Å². The molecule has 2 aliphatic rings. The first-order chi connectivity index (χ1) is 11.6. The summed E-state index contributed by atoms with van der Waals surface area (Å²) in [5.41, 5.74) is 1.68. The first kappa shape index (κ1) is 16.8. The number of nitrogens with zero attached hydrogens (tertiary/aromatic N) is 1. The van der Waals surface area contributed by atoms with Crippen LogP contribution in [-0.2, 0) is 14.3 Å². The third-order valence-electron chi connectivity index (χ3n) is 4.44. The van der Waals surface area contributed by atoms with Gasteiger partial charge in [-0.1, -0.05) is 13.0 Å². The van der Waals surface area contributed by atoms with Crippen molar-refractivity contribution >= 4 is 17.5 Å². The van der Waals surface area contributed by atoms with E-state index in [2.05, 4.69) is 5.32 Å². The molecule has 6 heteroatoms. The average Bonchev–Trinajstić information content (AvgIpc) is 3.09. The van der Waals surface area contributed by atoms with E-state index >= 15 is 0 Å². The van der Waals surface area contributed by atoms with Gasteiger partial charge in [-0.25, -0.2) is 0 Å². The second kappa shape index (κ2) is 7.21. The highest BCUT2D eigenvalue weighted by atomic mass is 16.5. The number of amides is 2. The number of nitrogens with one attached hydrogen (secondary N) is 1. The molecule has 2 heterocycles. The third-order valence-corrected chi connectivity index (χ3v) is 4.44. The highest BCUT2D eigenvalue weighted by Gasteiger charge is 2.34. The van der Waals surface area contributed by atoms with Gasteiger partial charge in [0.25, 0.3) is 5.91 Å². The Balaban J connectivity index is 1.71. The average molecular weight is 332 g/mol. The van der Waals surface area contributed by atoms with Gasteiger partial charge < -0.3 is 14.8 Å². The predicted molar refractivity (Wildman–Crippen MR) is 90.2 cm³/mol. The number of fused-ring (bicyclic) bond motifs is 1. The van der Waals surface area contributed by atoms with Crippen molar-refractivity contribution in [3.05, 3.63) is 23.8 Å². The molecule has 2 amide bonds. The van der Waals surface area contributed by atoms with Crippen molar-refractivity contribution in [2.45, 2.75) is 45.3 Å². The number of hydrogen-bond acceptors (Lipinski definition) is 4. The Morgan fingerprint density at radius 2 is 2.25 bits per heavy atom. The molecule has 2 atom stereocenters. The van der Waals surface area contributed by atoms with Crippen molar-refractivity contribution in [3.63, 3.8) is 0 Å². The molecule has 0 bridgehead atoms. The van der Waals surface area contributed by atoms with E-state index in [1.54, 1.807) is 0 Å². The Kier molecular flexibility index (Phi) is 5.04. The third kappa shape index (κ3) is 3.53. The van der Waals surface area contributed by atoms with Crippen LogP contribution in [0.25, 0.3) is 0 Å². The number of carbonyl (C=O) groups excluding carboxylic acids is 2. The van der Waals surface area contributed by atoms with E-state index < -0.39 is 6.10 Å². The van der Waals surface area contributed by atoms with Crippen LogP contribution in [0.3, 0.4) is 0 Å². The van der Waals surface area contributed by atoms with Gasteiger partial charge in [0.15, 0.2) is 6.10 Å². The van der Waals surface area contributed by atoms with Gasteiger partial charge in [0, 0.05) is 13.2 Å². The lowest BCUT2D eigenvalue weighted by atomic mass is 10.1. The predicted octanol–water partition coefficient (Wildman–Crippen LogP) is 1.79. The van der Waals surface area contributed by atoms with Gasteiger partial charge in [0.2, 0.25) is 5.91 Å². The maximum Gasteiger partial charge on any atom is 0.268 e. The van der Waals surface area contributed by atoms with Crippen LogP contribution in [-0.4, -0.2) is 43.7 Å². The van der Waals surface area contributed by atoms with E-state index in [4.69, 9.17) is 9.47 Å². The summed E-state index contributed by atoms with van der Waals surface area (Å²) in [6, 6.07) is 5.68. The minimum absolute atomic E-state index is 0.00185. The van der Waals surface area contributed by atoms with Gasteiger partial charge in [-0.3, -0.25) is 14.5 Å². The zero-order valence-electron chi connectivity index (χ0n) is 14.2. The van der Waals surface area contributed by atoms with Gasteiger partial charge in [0.05, 0.1) is 11.8 Å². The number of anilines is 1. The number of hydrogen-bond donors (Lipinski definition) is 1. The molecule has 24 heavy (non-hydrogen) atoms. The Labute approximate surface area is 142 Å². The van der Waals surface area contributed by atoms with Crippen LogP contribution in [0.1, 0.15) is 31.7 Å². The van der Waals surface area contributed by atoms with Gasteiger partial charge in [-0.15, -0.1) is 0 Å². The summed E-state index contributed by atoms with van der Waals surface area (Å²) < 4.78 is 11.3. The second-order valence-corrected chi connectivity index (χ2v) is 6.35. The van der Waals surface area contributed by atoms with E-state index in [0.717, 1.165) is 25.0 Å². The zero-order valence-corrected chi connectivity index (χ0v) is 14.2. The maximum absolute atomic E-state index is 12.6. The van der Waals surface area contributed by atoms with Crippen LogP contribution in [0, 0.1) is 6.92 Å². The molecule has 1 saturated heterocycles. The molecule has 0 radical (unpaired) electrons. The van der Waals surface area contributed by atoms with E-state index in [-0.39, 0.29) is 24.5 Å². The molecule has 0 aliphatic carbocycles. The fourth-order valence-electron chi connectivity index (χ4n) is 3.09. The van der Waals surface area contributed by atoms with E-state index in [9.17, 15) is 9.59 Å². The zero-order chi connectivity index (χ0) is 17.1. The molecular weight excluding hydrogens is 308 g/mol. The van der Waals surface area contributed by atoms with Gasteiger partial charge in [0.1, 0.15) is 12.3 Å². The molecule has 3 rings (SSSR count). The van der Waals surface area contributed by atoms with Crippen LogP contribution >= 0.6 is 0 Å². The molecule has 0 saturated carbocycles. The van der Waals surface area contributed by atoms with Crippen LogP contribution in [0.5, 0.6) is 5.75 Å². The lowest BCUT2D eigenvalue weighted by Crippen LogP contribution is -2.50. The maximum atomic E-state index is 12.6. The van der Waals surface area contributed by atoms with Crippen molar-refractivity contribution in [2.24, 2.45) is 0 Å². The largest absolute Gasteiger partial charge is 0.478 e. The van der Waals surface area contributed by atoms with Crippen LogP contribution in [0.4, 0.5) is 5.69 Å². The quantitative estimate of drug-likeness (QED) is 0.893. The van der Waals surface area contributed by atoms with Crippen LogP contribution < -0.4 is 15.0 Å². The van der Waals surface area contributed by atoms with Gasteiger partial charge in [-0.05, 0) is 43.9 Å². The van der Waals surface area contributed by atoms with Crippen molar-refractivity contribution < 1.29 is 19.1 Å². The topological polar surface area (TPSA) is 67.9 Å². The number of aryl methyl sites for hydroxylation is 1. The molecule has 6 nitrogen and oxygen atoms in total. The second-order valence-electron chi connectivity index (χ2n) is 6.35. The summed E-state index contributed by atoms with van der Waals surface area (Å²) in [6.07, 6.45) is 2.13. The minimum atomic E-state index is -0.536. The number of carbonyl (C=O) groups is 2. The molecular formula is C18H24N2O4. The number of rotatable bonds is 5. The molecule has 130 valence electrons. The monoisotopic (exact) mass is 332 g/mol. The molecule has 0 unspecified atom stereocenters. The van der Waals surface area contributed by atoms with Gasteiger partial charge in [-0.2, -0.15) is 0 Å². The van der Waals surface area contributed by atoms with E-state index in [0.29, 0.717) is 24.4 Å². The van der Waals surface area contributed by atoms with Gasteiger partial charge >= 0.3 is 0 Å². The molecule has 1 fully saturated rings. The number of benzene rings is 1. The number of ether oxygens (including phenoxy) is 2. The fraction of sp³-hybridized carbons (Fsp3) is 0.556. The van der Waals surface area contributed by atoms with Crippen molar-refractivity contribution in [2.75, 3.05) is 24.6 Å². The van der Waals surface area contributed by atoms with E-state index in [1.165, 1.54) is 4.90 Å². The fourth-order valence-corrected chi connectivity index (χ4v) is 3.09. The smallest absolute Gasteiger partial charge is 0.268 e. The Morgan fingerprint density at radius 1 is 1.42 bits per heavy atom. The standard InChI is InChI=1S/C18H24N2O4/c1-3-15-18(22)20(14-9-12(2)6-7-16(14)24-15)11-17(21)19-10-13-5-4-8-23-13/h6-7,9,13,15H,3-5,8,10-11H2,1-2H3,(H,19,21)/t13-,15+/m1/s1. The SMILES string of the molecule is CC[C@@H]1Oc2ccc(C)cc2N(CC(=O)NC[C@H]2CCCO2)C1=O. The normalized spacial score (nSPS) is 22.9. The summed E-state index contributed by atoms with van der Waals surface area (Å²) in [5.74, 6) is 0.310. The Hall–Kier alpha value is -2.08. The summed E-state index contributed by atoms with van der Waals surface area (Å²) in [7, 11) is 0. The van der Waals surface area contributed by atoms with Crippen molar-refractivity contribution in [1.29, 1.82) is 0 Å². The molecule has 1 aromatic rings. The molecule has 0 aromatic heterocycles. The summed E-state index contributed by atoms with van der Waals surface area (Å²) in [6.45, 7) is 5.11. The summed E-state index contributed by atoms with van der Waals surface area (Å²) in [5, 5.41) is 2.87. The van der Waals surface area contributed by atoms with E-state index in [1.807, 2.05) is 32.0 Å². The van der Waals surface area contributed by atoms with Crippen molar-refractivity contribution in [1.82, 2.24) is 5.32 Å². The van der Waals surface area contributed by atoms with Crippen LogP contribution in [0.15, 0.2) is 18.2 Å². The molecule has 0 spiro atoms.